The van der Waals surface area contributed by atoms with E-state index in [9.17, 15) is 4.79 Å². The van der Waals surface area contributed by atoms with Crippen LogP contribution in [0.25, 0.3) is 0 Å². The van der Waals surface area contributed by atoms with Crippen LogP contribution >= 0.6 is 0 Å². The van der Waals surface area contributed by atoms with Gasteiger partial charge >= 0.3 is 5.97 Å². The summed E-state index contributed by atoms with van der Waals surface area (Å²) < 4.78 is 5.37. The van der Waals surface area contributed by atoms with Gasteiger partial charge in [-0.15, -0.1) is 0 Å². The van der Waals surface area contributed by atoms with Crippen molar-refractivity contribution in [3.8, 4) is 5.75 Å². The number of hydrogen-bond donors (Lipinski definition) is 1. The Labute approximate surface area is 94.7 Å². The summed E-state index contributed by atoms with van der Waals surface area (Å²) in [5.74, 6) is -0.269. The lowest BCUT2D eigenvalue weighted by molar-refractivity contribution is 0.0697. The van der Waals surface area contributed by atoms with Gasteiger partial charge in [-0.2, -0.15) is 0 Å². The topological polar surface area (TPSA) is 46.5 Å². The van der Waals surface area contributed by atoms with E-state index in [1.54, 1.807) is 12.1 Å². The second-order valence-electron chi connectivity index (χ2n) is 3.09. The average Bonchev–Trinajstić information content (AvgIpc) is 2.29. The Hall–Kier alpha value is -2.03. The lowest BCUT2D eigenvalue weighted by Crippen LogP contribution is -1.97. The molecule has 1 aromatic carbocycles. The lowest BCUT2D eigenvalue weighted by atomic mass is 10.2. The molecule has 0 amide bonds. The summed E-state index contributed by atoms with van der Waals surface area (Å²) in [5, 5.41) is 8.69. The monoisotopic (exact) mass is 218 g/mol. The maximum Gasteiger partial charge on any atom is 0.335 e. The number of hydrogen-bond acceptors (Lipinski definition) is 2. The molecule has 3 heteroatoms. The molecular weight excluding hydrogens is 204 g/mol. The van der Waals surface area contributed by atoms with Crippen LogP contribution in [0.1, 0.15) is 17.3 Å². The highest BCUT2D eigenvalue weighted by molar-refractivity contribution is 5.87. The summed E-state index contributed by atoms with van der Waals surface area (Å²) in [7, 11) is 0. The number of carboxylic acid groups (broad SMARTS) is 1. The Morgan fingerprint density at radius 3 is 2.56 bits per heavy atom. The van der Waals surface area contributed by atoms with Crippen molar-refractivity contribution in [2.75, 3.05) is 6.61 Å². The van der Waals surface area contributed by atoms with Crippen LogP contribution in [-0.4, -0.2) is 17.7 Å². The Balaban J connectivity index is 2.46. The third-order valence-corrected chi connectivity index (χ3v) is 1.89. The van der Waals surface area contributed by atoms with Gasteiger partial charge in [-0.3, -0.25) is 0 Å². The van der Waals surface area contributed by atoms with Gasteiger partial charge in [0.1, 0.15) is 12.4 Å². The standard InChI is InChI=1S/C13H14O3/c1-2-3-4-5-10-16-12-8-6-11(7-9-12)13(14)15/h2-9H,10H2,1H3,(H,14,15)/b3-2-,5-4-. The summed E-state index contributed by atoms with van der Waals surface area (Å²) in [6, 6.07) is 6.33. The van der Waals surface area contributed by atoms with E-state index in [4.69, 9.17) is 9.84 Å². The number of aromatic carboxylic acids is 1. The number of carboxylic acids is 1. The van der Waals surface area contributed by atoms with Crippen molar-refractivity contribution < 1.29 is 14.6 Å². The first-order chi connectivity index (χ1) is 7.74. The molecule has 0 aromatic heterocycles. The molecular formula is C13H14O3. The van der Waals surface area contributed by atoms with Gasteiger partial charge in [-0.25, -0.2) is 4.79 Å². The SMILES string of the molecule is C/C=C\C=C/COc1ccc(C(=O)O)cc1. The first-order valence-electron chi connectivity index (χ1n) is 4.98. The summed E-state index contributed by atoms with van der Waals surface area (Å²) in [6.07, 6.45) is 7.62. The average molecular weight is 218 g/mol. The number of rotatable bonds is 5. The smallest absolute Gasteiger partial charge is 0.335 e. The molecule has 0 aliphatic heterocycles. The zero-order valence-electron chi connectivity index (χ0n) is 9.09. The molecule has 0 radical (unpaired) electrons. The van der Waals surface area contributed by atoms with Crippen LogP contribution in [0.4, 0.5) is 0 Å². The van der Waals surface area contributed by atoms with Gasteiger partial charge in [0.15, 0.2) is 0 Å². The number of benzene rings is 1. The largest absolute Gasteiger partial charge is 0.490 e. The third-order valence-electron chi connectivity index (χ3n) is 1.89. The van der Waals surface area contributed by atoms with Crippen molar-refractivity contribution in [1.82, 2.24) is 0 Å². The van der Waals surface area contributed by atoms with Crippen molar-refractivity contribution >= 4 is 5.97 Å². The van der Waals surface area contributed by atoms with E-state index < -0.39 is 5.97 Å². The normalized spacial score (nSPS) is 11.1. The van der Waals surface area contributed by atoms with Gasteiger partial charge < -0.3 is 9.84 Å². The molecule has 0 aliphatic rings. The molecule has 0 saturated heterocycles. The zero-order chi connectivity index (χ0) is 11.8. The third kappa shape index (κ3) is 4.00. The summed E-state index contributed by atoms with van der Waals surface area (Å²) in [5.41, 5.74) is 0.261. The molecule has 3 nitrogen and oxygen atoms in total. The van der Waals surface area contributed by atoms with Crippen LogP contribution in [0.5, 0.6) is 5.75 Å². The Morgan fingerprint density at radius 2 is 2.00 bits per heavy atom. The molecule has 0 atom stereocenters. The first kappa shape index (κ1) is 12.0. The van der Waals surface area contributed by atoms with Crippen LogP contribution in [0.3, 0.4) is 0 Å². The Morgan fingerprint density at radius 1 is 1.31 bits per heavy atom. The Kier molecular flexibility index (Phi) is 4.86. The number of carbonyl (C=O) groups is 1. The van der Waals surface area contributed by atoms with E-state index in [1.165, 1.54) is 12.1 Å². The van der Waals surface area contributed by atoms with Crippen molar-refractivity contribution in [2.45, 2.75) is 6.92 Å². The fourth-order valence-corrected chi connectivity index (χ4v) is 1.08. The summed E-state index contributed by atoms with van der Waals surface area (Å²) in [4.78, 5) is 10.6. The maximum atomic E-state index is 10.6. The molecule has 0 unspecified atom stereocenters. The molecule has 84 valence electrons. The van der Waals surface area contributed by atoms with Crippen molar-refractivity contribution in [2.24, 2.45) is 0 Å². The van der Waals surface area contributed by atoms with Crippen LogP contribution in [0.15, 0.2) is 48.6 Å². The highest BCUT2D eigenvalue weighted by Crippen LogP contribution is 2.11. The van der Waals surface area contributed by atoms with E-state index in [0.29, 0.717) is 12.4 Å². The minimum Gasteiger partial charge on any atom is -0.490 e. The maximum absolute atomic E-state index is 10.6. The van der Waals surface area contributed by atoms with Crippen LogP contribution in [0.2, 0.25) is 0 Å². The quantitative estimate of drug-likeness (QED) is 0.773. The van der Waals surface area contributed by atoms with E-state index in [1.807, 2.05) is 31.2 Å². The molecule has 1 aromatic rings. The van der Waals surface area contributed by atoms with Crippen LogP contribution in [0, 0.1) is 0 Å². The fourth-order valence-electron chi connectivity index (χ4n) is 1.08. The molecule has 0 aliphatic carbocycles. The first-order valence-corrected chi connectivity index (χ1v) is 4.98. The van der Waals surface area contributed by atoms with Crippen molar-refractivity contribution in [3.63, 3.8) is 0 Å². The van der Waals surface area contributed by atoms with E-state index >= 15 is 0 Å². The van der Waals surface area contributed by atoms with Crippen LogP contribution in [-0.2, 0) is 0 Å². The second-order valence-corrected chi connectivity index (χ2v) is 3.09. The van der Waals surface area contributed by atoms with Crippen molar-refractivity contribution in [1.29, 1.82) is 0 Å². The minimum absolute atomic E-state index is 0.261. The minimum atomic E-state index is -0.931. The van der Waals surface area contributed by atoms with Gasteiger partial charge in [0, 0.05) is 0 Å². The summed E-state index contributed by atoms with van der Waals surface area (Å²) in [6.45, 7) is 2.41. The van der Waals surface area contributed by atoms with Gasteiger partial charge in [-0.1, -0.05) is 18.2 Å². The zero-order valence-corrected chi connectivity index (χ0v) is 9.09. The van der Waals surface area contributed by atoms with Crippen molar-refractivity contribution in [3.05, 3.63) is 54.1 Å². The van der Waals surface area contributed by atoms with E-state index in [-0.39, 0.29) is 5.56 Å². The van der Waals surface area contributed by atoms with Crippen LogP contribution < -0.4 is 4.74 Å². The van der Waals surface area contributed by atoms with E-state index in [0.717, 1.165) is 0 Å². The van der Waals surface area contributed by atoms with Gasteiger partial charge in [0.25, 0.3) is 0 Å². The lowest BCUT2D eigenvalue weighted by Gasteiger charge is -2.02. The Bertz CT molecular complexity index is 388. The van der Waals surface area contributed by atoms with Gasteiger partial charge in [0.2, 0.25) is 0 Å². The number of allylic oxidation sites excluding steroid dienone is 3. The fraction of sp³-hybridized carbons (Fsp3) is 0.154. The highest BCUT2D eigenvalue weighted by atomic mass is 16.5. The molecule has 0 bridgehead atoms. The highest BCUT2D eigenvalue weighted by Gasteiger charge is 2.01. The predicted molar refractivity (Wildman–Crippen MR) is 62.9 cm³/mol. The molecule has 0 heterocycles. The molecule has 1 N–H and O–H groups in total. The van der Waals surface area contributed by atoms with Gasteiger partial charge in [-0.05, 0) is 37.3 Å². The second kappa shape index (κ2) is 6.45. The molecule has 0 fully saturated rings. The molecule has 1 rings (SSSR count). The number of ether oxygens (including phenoxy) is 1. The predicted octanol–water partition coefficient (Wildman–Crippen LogP) is 2.90. The molecule has 16 heavy (non-hydrogen) atoms. The van der Waals surface area contributed by atoms with E-state index in [2.05, 4.69) is 0 Å². The van der Waals surface area contributed by atoms with Gasteiger partial charge in [0.05, 0.1) is 5.56 Å². The summed E-state index contributed by atoms with van der Waals surface area (Å²) >= 11 is 0. The molecule has 0 saturated carbocycles. The molecule has 0 spiro atoms.